The van der Waals surface area contributed by atoms with Crippen LogP contribution in [0, 0.1) is 0 Å². The molecule has 1 amide bonds. The Hall–Kier alpha value is -3.03. The number of aromatic nitrogens is 1. The number of pyridine rings is 1. The predicted molar refractivity (Wildman–Crippen MR) is 122 cm³/mol. The lowest BCUT2D eigenvalue weighted by Gasteiger charge is -2.26. The highest BCUT2D eigenvalue weighted by atomic mass is 32.2. The van der Waals surface area contributed by atoms with E-state index in [2.05, 4.69) is 4.98 Å². The van der Waals surface area contributed by atoms with E-state index in [1.807, 2.05) is 12.1 Å². The maximum atomic E-state index is 13.4. The summed E-state index contributed by atoms with van der Waals surface area (Å²) in [5.41, 5.74) is 1.98. The average Bonchev–Trinajstić information content (AvgIpc) is 3.32. The van der Waals surface area contributed by atoms with E-state index in [1.54, 1.807) is 71.9 Å². The Bertz CT molecular complexity index is 1140. The third-order valence-corrected chi connectivity index (χ3v) is 7.17. The number of hydrogen-bond donors (Lipinski definition) is 0. The molecule has 1 aromatic heterocycles. The van der Waals surface area contributed by atoms with Crippen LogP contribution >= 0.6 is 0 Å². The van der Waals surface area contributed by atoms with E-state index in [0.717, 1.165) is 18.4 Å². The highest BCUT2D eigenvalue weighted by Gasteiger charge is 2.24. The molecule has 1 saturated heterocycles. The Kier molecular flexibility index (Phi) is 6.97. The summed E-state index contributed by atoms with van der Waals surface area (Å²) in [6, 6.07) is 19.0. The molecule has 7 heteroatoms. The Morgan fingerprint density at radius 2 is 1.84 bits per heavy atom. The van der Waals surface area contributed by atoms with E-state index in [9.17, 15) is 13.2 Å². The normalized spacial score (nSPS) is 16.1. The quantitative estimate of drug-likeness (QED) is 0.521. The zero-order chi connectivity index (χ0) is 22.4. The molecule has 0 saturated carbocycles. The second-order valence-corrected chi connectivity index (χ2v) is 9.94. The van der Waals surface area contributed by atoms with Gasteiger partial charge in [0.2, 0.25) is 0 Å². The van der Waals surface area contributed by atoms with Crippen molar-refractivity contribution in [2.45, 2.75) is 36.1 Å². The van der Waals surface area contributed by atoms with Crippen molar-refractivity contribution >= 4 is 15.7 Å². The summed E-state index contributed by atoms with van der Waals surface area (Å²) in [6.45, 7) is 1.62. The van der Waals surface area contributed by atoms with Crippen LogP contribution in [0.5, 0.6) is 0 Å². The van der Waals surface area contributed by atoms with Crippen molar-refractivity contribution in [3.8, 4) is 0 Å². The van der Waals surface area contributed by atoms with Gasteiger partial charge < -0.3 is 9.64 Å². The van der Waals surface area contributed by atoms with Crippen LogP contribution in [-0.2, 0) is 26.9 Å². The van der Waals surface area contributed by atoms with Crippen LogP contribution in [0.1, 0.15) is 34.3 Å². The molecule has 0 bridgehead atoms. The van der Waals surface area contributed by atoms with E-state index >= 15 is 0 Å². The molecule has 6 nitrogen and oxygen atoms in total. The summed E-state index contributed by atoms with van der Waals surface area (Å²) in [5.74, 6) is -0.310. The molecule has 2 aromatic carbocycles. The first-order valence-electron chi connectivity index (χ1n) is 10.7. The van der Waals surface area contributed by atoms with Gasteiger partial charge in [-0.25, -0.2) is 8.42 Å². The van der Waals surface area contributed by atoms with Crippen molar-refractivity contribution in [3.63, 3.8) is 0 Å². The van der Waals surface area contributed by atoms with Gasteiger partial charge in [0.25, 0.3) is 5.91 Å². The highest BCUT2D eigenvalue weighted by Crippen LogP contribution is 2.20. The first kappa shape index (κ1) is 22.2. The topological polar surface area (TPSA) is 76.6 Å². The summed E-state index contributed by atoms with van der Waals surface area (Å²) in [5, 5.41) is 0. The van der Waals surface area contributed by atoms with Crippen molar-refractivity contribution in [2.75, 3.05) is 13.2 Å². The van der Waals surface area contributed by atoms with Gasteiger partial charge in [-0.2, -0.15) is 0 Å². The van der Waals surface area contributed by atoms with Crippen molar-refractivity contribution in [1.82, 2.24) is 9.88 Å². The lowest BCUT2D eigenvalue weighted by molar-refractivity contribution is 0.0507. The third-order valence-electron chi connectivity index (χ3n) is 5.46. The van der Waals surface area contributed by atoms with Gasteiger partial charge in [-0.1, -0.05) is 36.4 Å². The third kappa shape index (κ3) is 5.60. The molecule has 32 heavy (non-hydrogen) atoms. The van der Waals surface area contributed by atoms with Crippen LogP contribution in [0.4, 0.5) is 0 Å². The monoisotopic (exact) mass is 450 g/mol. The van der Waals surface area contributed by atoms with Crippen LogP contribution in [0.2, 0.25) is 0 Å². The van der Waals surface area contributed by atoms with Gasteiger partial charge in [-0.05, 0) is 54.3 Å². The highest BCUT2D eigenvalue weighted by molar-refractivity contribution is 7.90. The number of ether oxygens (including phenoxy) is 1. The molecule has 1 aliphatic heterocycles. The number of benzene rings is 2. The van der Waals surface area contributed by atoms with Crippen LogP contribution in [0.3, 0.4) is 0 Å². The summed E-state index contributed by atoms with van der Waals surface area (Å²) in [7, 11) is -3.50. The van der Waals surface area contributed by atoms with Gasteiger partial charge in [-0.15, -0.1) is 0 Å². The van der Waals surface area contributed by atoms with Gasteiger partial charge in [-0.3, -0.25) is 9.78 Å². The minimum absolute atomic E-state index is 0.0114. The number of carbonyl (C=O) groups excluding carboxylic acids is 1. The van der Waals surface area contributed by atoms with E-state index in [0.29, 0.717) is 30.8 Å². The van der Waals surface area contributed by atoms with Crippen LogP contribution in [0.25, 0.3) is 0 Å². The molecule has 1 unspecified atom stereocenters. The molecule has 1 aliphatic rings. The predicted octanol–water partition coefficient (Wildman–Crippen LogP) is 3.88. The number of carbonyl (C=O) groups is 1. The Morgan fingerprint density at radius 3 is 2.56 bits per heavy atom. The fraction of sp³-hybridized carbons (Fsp3) is 0.280. The number of amides is 1. The Morgan fingerprint density at radius 1 is 1.03 bits per heavy atom. The molecule has 1 fully saturated rings. The van der Waals surface area contributed by atoms with E-state index in [-0.39, 0.29) is 22.7 Å². The molecule has 1 atom stereocenters. The van der Waals surface area contributed by atoms with Crippen molar-refractivity contribution < 1.29 is 17.9 Å². The maximum Gasteiger partial charge on any atom is 0.254 e. The fourth-order valence-electron chi connectivity index (χ4n) is 3.87. The molecule has 0 aliphatic carbocycles. The molecular formula is C25H26N2O4S. The largest absolute Gasteiger partial charge is 0.376 e. The minimum Gasteiger partial charge on any atom is -0.376 e. The molecule has 0 N–H and O–H groups in total. The first-order valence-corrected chi connectivity index (χ1v) is 12.3. The standard InChI is InChI=1S/C25H26N2O4S/c28-25(27(18-23-10-6-14-31-23)17-21-8-5-13-26-16-21)22-9-4-7-20(15-22)19-32(29,30)24-11-2-1-3-12-24/h1-5,7-9,11-13,15-16,23H,6,10,14,17-19H2. The van der Waals surface area contributed by atoms with Gasteiger partial charge in [0.1, 0.15) is 0 Å². The number of sulfone groups is 1. The zero-order valence-electron chi connectivity index (χ0n) is 17.8. The van der Waals surface area contributed by atoms with Gasteiger partial charge in [0, 0.05) is 37.7 Å². The second kappa shape index (κ2) is 10.1. The molecule has 0 radical (unpaired) electrons. The van der Waals surface area contributed by atoms with E-state index in [4.69, 9.17) is 4.74 Å². The molecule has 2 heterocycles. The van der Waals surface area contributed by atoms with Crippen LogP contribution in [0.15, 0.2) is 84.0 Å². The molecule has 4 rings (SSSR count). The molecular weight excluding hydrogens is 424 g/mol. The molecule has 166 valence electrons. The molecule has 3 aromatic rings. The summed E-state index contributed by atoms with van der Waals surface area (Å²) in [4.78, 5) is 19.6. The second-order valence-electron chi connectivity index (χ2n) is 7.95. The van der Waals surface area contributed by atoms with Crippen molar-refractivity contribution in [1.29, 1.82) is 0 Å². The van der Waals surface area contributed by atoms with Crippen LogP contribution in [-0.4, -0.2) is 43.5 Å². The van der Waals surface area contributed by atoms with Crippen molar-refractivity contribution in [3.05, 3.63) is 95.8 Å². The summed E-state index contributed by atoms with van der Waals surface area (Å²) < 4.78 is 31.3. The first-order chi connectivity index (χ1) is 15.5. The fourth-order valence-corrected chi connectivity index (χ4v) is 5.23. The summed E-state index contributed by atoms with van der Waals surface area (Å²) >= 11 is 0. The SMILES string of the molecule is O=C(c1cccc(CS(=O)(=O)c2ccccc2)c1)N(Cc1cccnc1)CC1CCCO1. The zero-order valence-corrected chi connectivity index (χ0v) is 18.6. The van der Waals surface area contributed by atoms with Crippen LogP contribution < -0.4 is 0 Å². The Balaban J connectivity index is 1.55. The smallest absolute Gasteiger partial charge is 0.254 e. The minimum atomic E-state index is -3.50. The number of hydrogen-bond acceptors (Lipinski definition) is 5. The van der Waals surface area contributed by atoms with Gasteiger partial charge >= 0.3 is 0 Å². The number of rotatable bonds is 8. The maximum absolute atomic E-state index is 13.4. The van der Waals surface area contributed by atoms with E-state index < -0.39 is 9.84 Å². The summed E-state index contributed by atoms with van der Waals surface area (Å²) in [6.07, 6.45) is 5.38. The number of nitrogens with zero attached hydrogens (tertiary/aromatic N) is 2. The van der Waals surface area contributed by atoms with E-state index in [1.165, 1.54) is 0 Å². The Labute approximate surface area is 188 Å². The average molecular weight is 451 g/mol. The van der Waals surface area contributed by atoms with Gasteiger partial charge in [0.15, 0.2) is 9.84 Å². The van der Waals surface area contributed by atoms with Crippen molar-refractivity contribution in [2.24, 2.45) is 0 Å². The molecule has 0 spiro atoms. The van der Waals surface area contributed by atoms with Gasteiger partial charge in [0.05, 0.1) is 16.8 Å². The lowest BCUT2D eigenvalue weighted by atomic mass is 10.1. The lowest BCUT2D eigenvalue weighted by Crippen LogP contribution is -2.37.